The highest BCUT2D eigenvalue weighted by Crippen LogP contribution is 2.36. The lowest BCUT2D eigenvalue weighted by atomic mass is 9.77. The maximum Gasteiger partial charge on any atom is 0.305 e. The van der Waals surface area contributed by atoms with E-state index in [4.69, 9.17) is 10.8 Å². The number of nitrogens with zero attached hydrogens (tertiary/aromatic N) is 1. The van der Waals surface area contributed by atoms with E-state index >= 15 is 0 Å². The van der Waals surface area contributed by atoms with Crippen molar-refractivity contribution in [2.75, 3.05) is 13.6 Å². The second-order valence-corrected chi connectivity index (χ2v) is 5.59. The largest absolute Gasteiger partial charge is 0.481 e. The van der Waals surface area contributed by atoms with Gasteiger partial charge in [-0.1, -0.05) is 26.2 Å². The van der Waals surface area contributed by atoms with Crippen LogP contribution in [0.1, 0.15) is 51.9 Å². The van der Waals surface area contributed by atoms with Crippen molar-refractivity contribution in [3.8, 4) is 0 Å². The minimum Gasteiger partial charge on any atom is -0.481 e. The van der Waals surface area contributed by atoms with Crippen LogP contribution in [0, 0.1) is 5.92 Å². The molecule has 1 amide bonds. The normalized spacial score (nSPS) is 19.7. The van der Waals surface area contributed by atoms with Crippen LogP contribution in [0.2, 0.25) is 0 Å². The van der Waals surface area contributed by atoms with E-state index < -0.39 is 11.5 Å². The van der Waals surface area contributed by atoms with Crippen molar-refractivity contribution in [1.29, 1.82) is 0 Å². The standard InChI is InChI=1S/C14H26N2O3/c1-3-11(10-15)13(19)16(2)14(9-12(17)18)7-5-4-6-8-14/h11H,3-10,15H2,1-2H3,(H,17,18). The lowest BCUT2D eigenvalue weighted by molar-refractivity contribution is -0.148. The summed E-state index contributed by atoms with van der Waals surface area (Å²) in [6.07, 6.45) is 5.40. The highest BCUT2D eigenvalue weighted by molar-refractivity contribution is 5.80. The van der Waals surface area contributed by atoms with E-state index in [1.807, 2.05) is 6.92 Å². The molecule has 1 rings (SSSR count). The van der Waals surface area contributed by atoms with Crippen molar-refractivity contribution >= 4 is 11.9 Å². The molecule has 110 valence electrons. The van der Waals surface area contributed by atoms with Crippen LogP contribution in [-0.2, 0) is 9.59 Å². The molecule has 0 radical (unpaired) electrons. The van der Waals surface area contributed by atoms with Crippen LogP contribution in [0.25, 0.3) is 0 Å². The van der Waals surface area contributed by atoms with Crippen molar-refractivity contribution in [2.24, 2.45) is 11.7 Å². The van der Waals surface area contributed by atoms with Crippen LogP contribution < -0.4 is 5.73 Å². The van der Waals surface area contributed by atoms with Gasteiger partial charge in [0.2, 0.25) is 5.91 Å². The SMILES string of the molecule is CCC(CN)C(=O)N(C)C1(CC(=O)O)CCCCC1. The number of carbonyl (C=O) groups is 2. The van der Waals surface area contributed by atoms with Gasteiger partial charge in [0.25, 0.3) is 0 Å². The van der Waals surface area contributed by atoms with Gasteiger partial charge in [-0.25, -0.2) is 0 Å². The first kappa shape index (κ1) is 16.0. The summed E-state index contributed by atoms with van der Waals surface area (Å²) in [4.78, 5) is 25.3. The third-order valence-corrected chi connectivity index (χ3v) is 4.43. The van der Waals surface area contributed by atoms with Crippen LogP contribution >= 0.6 is 0 Å². The Labute approximate surface area is 115 Å². The van der Waals surface area contributed by atoms with Crippen molar-refractivity contribution in [1.82, 2.24) is 4.90 Å². The van der Waals surface area contributed by atoms with E-state index in [2.05, 4.69) is 0 Å². The molecule has 0 heterocycles. The summed E-state index contributed by atoms with van der Waals surface area (Å²) in [6, 6.07) is 0. The predicted molar refractivity (Wildman–Crippen MR) is 73.7 cm³/mol. The number of carboxylic acids is 1. The van der Waals surface area contributed by atoms with Crippen molar-refractivity contribution in [3.63, 3.8) is 0 Å². The summed E-state index contributed by atoms with van der Waals surface area (Å²) in [7, 11) is 1.74. The zero-order valence-electron chi connectivity index (χ0n) is 12.0. The molecule has 1 aliphatic rings. The second kappa shape index (κ2) is 6.89. The average molecular weight is 270 g/mol. The lowest BCUT2D eigenvalue weighted by Gasteiger charge is -2.45. The van der Waals surface area contributed by atoms with E-state index in [9.17, 15) is 9.59 Å². The average Bonchev–Trinajstić information content (AvgIpc) is 2.39. The molecule has 0 bridgehead atoms. The number of carboxylic acid groups (broad SMARTS) is 1. The zero-order valence-corrected chi connectivity index (χ0v) is 12.0. The quantitative estimate of drug-likeness (QED) is 0.768. The molecule has 0 aromatic carbocycles. The number of amides is 1. The van der Waals surface area contributed by atoms with Crippen molar-refractivity contribution < 1.29 is 14.7 Å². The molecule has 0 saturated heterocycles. The number of aliphatic carboxylic acids is 1. The summed E-state index contributed by atoms with van der Waals surface area (Å²) in [5.41, 5.74) is 5.12. The minimum atomic E-state index is -0.831. The Morgan fingerprint density at radius 1 is 1.32 bits per heavy atom. The van der Waals surface area contributed by atoms with Gasteiger partial charge in [-0.15, -0.1) is 0 Å². The van der Waals surface area contributed by atoms with E-state index in [1.165, 1.54) is 0 Å². The number of hydrogen-bond acceptors (Lipinski definition) is 3. The van der Waals surface area contributed by atoms with Crippen LogP contribution in [0.4, 0.5) is 0 Å². The van der Waals surface area contributed by atoms with Crippen LogP contribution in [0.15, 0.2) is 0 Å². The molecule has 5 nitrogen and oxygen atoms in total. The summed E-state index contributed by atoms with van der Waals surface area (Å²) in [5, 5.41) is 9.15. The van der Waals surface area contributed by atoms with Gasteiger partial charge < -0.3 is 15.7 Å². The van der Waals surface area contributed by atoms with Crippen molar-refractivity contribution in [2.45, 2.75) is 57.4 Å². The fourth-order valence-electron chi connectivity index (χ4n) is 3.07. The molecule has 1 fully saturated rings. The molecule has 1 unspecified atom stereocenters. The second-order valence-electron chi connectivity index (χ2n) is 5.59. The zero-order chi connectivity index (χ0) is 14.5. The van der Waals surface area contributed by atoms with E-state index in [1.54, 1.807) is 11.9 Å². The summed E-state index contributed by atoms with van der Waals surface area (Å²) < 4.78 is 0. The van der Waals surface area contributed by atoms with E-state index in [-0.39, 0.29) is 18.2 Å². The Morgan fingerprint density at radius 2 is 1.89 bits per heavy atom. The molecule has 1 saturated carbocycles. The number of rotatable bonds is 6. The third kappa shape index (κ3) is 3.69. The van der Waals surface area contributed by atoms with Gasteiger partial charge in [-0.05, 0) is 19.3 Å². The Balaban J connectivity index is 2.90. The van der Waals surface area contributed by atoms with Crippen LogP contribution in [0.5, 0.6) is 0 Å². The Hall–Kier alpha value is -1.10. The third-order valence-electron chi connectivity index (χ3n) is 4.43. The Kier molecular flexibility index (Phi) is 5.79. The first-order valence-electron chi connectivity index (χ1n) is 7.16. The number of carbonyl (C=O) groups excluding carboxylic acids is 1. The summed E-state index contributed by atoms with van der Waals surface area (Å²) in [5.74, 6) is -1.03. The first-order valence-corrected chi connectivity index (χ1v) is 7.16. The molecule has 0 aromatic heterocycles. The van der Waals surface area contributed by atoms with Crippen LogP contribution in [0.3, 0.4) is 0 Å². The summed E-state index contributed by atoms with van der Waals surface area (Å²) in [6.45, 7) is 2.26. The maximum atomic E-state index is 12.4. The molecular weight excluding hydrogens is 244 g/mol. The Morgan fingerprint density at radius 3 is 2.32 bits per heavy atom. The van der Waals surface area contributed by atoms with Gasteiger partial charge in [-0.3, -0.25) is 9.59 Å². The lowest BCUT2D eigenvalue weighted by Crippen LogP contribution is -2.54. The monoisotopic (exact) mass is 270 g/mol. The smallest absolute Gasteiger partial charge is 0.305 e. The van der Waals surface area contributed by atoms with Crippen molar-refractivity contribution in [3.05, 3.63) is 0 Å². The first-order chi connectivity index (χ1) is 8.96. The van der Waals surface area contributed by atoms with Gasteiger partial charge in [0.05, 0.1) is 17.9 Å². The minimum absolute atomic E-state index is 0.00634. The van der Waals surface area contributed by atoms with Gasteiger partial charge in [0.1, 0.15) is 0 Å². The molecule has 1 aliphatic carbocycles. The fourth-order valence-corrected chi connectivity index (χ4v) is 3.07. The topological polar surface area (TPSA) is 83.6 Å². The molecule has 19 heavy (non-hydrogen) atoms. The summed E-state index contributed by atoms with van der Waals surface area (Å²) >= 11 is 0. The molecule has 0 spiro atoms. The Bertz CT molecular complexity index is 321. The molecular formula is C14H26N2O3. The molecule has 1 atom stereocenters. The van der Waals surface area contributed by atoms with Gasteiger partial charge in [-0.2, -0.15) is 0 Å². The van der Waals surface area contributed by atoms with Gasteiger partial charge >= 0.3 is 5.97 Å². The molecule has 5 heteroatoms. The van der Waals surface area contributed by atoms with E-state index in [0.29, 0.717) is 13.0 Å². The highest BCUT2D eigenvalue weighted by Gasteiger charge is 2.41. The maximum absolute atomic E-state index is 12.4. The van der Waals surface area contributed by atoms with Gasteiger partial charge in [0.15, 0.2) is 0 Å². The number of nitrogens with two attached hydrogens (primary N) is 1. The highest BCUT2D eigenvalue weighted by atomic mass is 16.4. The molecule has 0 aromatic rings. The fraction of sp³-hybridized carbons (Fsp3) is 0.857. The predicted octanol–water partition coefficient (Wildman–Crippen LogP) is 1.61. The molecule has 3 N–H and O–H groups in total. The van der Waals surface area contributed by atoms with Gasteiger partial charge in [0, 0.05) is 13.6 Å². The molecule has 0 aliphatic heterocycles. The number of hydrogen-bond donors (Lipinski definition) is 2. The van der Waals surface area contributed by atoms with Crippen LogP contribution in [-0.4, -0.2) is 41.0 Å². The van der Waals surface area contributed by atoms with E-state index in [0.717, 1.165) is 32.1 Å².